The predicted octanol–water partition coefficient (Wildman–Crippen LogP) is 4.18. The van der Waals surface area contributed by atoms with Crippen molar-refractivity contribution in [3.63, 3.8) is 0 Å². The fraction of sp³-hybridized carbons (Fsp3) is 0.586. The maximum atomic E-state index is 14.5. The van der Waals surface area contributed by atoms with Gasteiger partial charge in [0.1, 0.15) is 18.0 Å². The lowest BCUT2D eigenvalue weighted by atomic mass is 9.90. The minimum absolute atomic E-state index is 0.0572. The van der Waals surface area contributed by atoms with Crippen molar-refractivity contribution >= 4 is 29.4 Å². The third-order valence-electron chi connectivity index (χ3n) is 8.86. The number of benzene rings is 1. The SMILES string of the molecule is COC1CCC(N(C[C@@H](C(=O)N2CCN(c3ncnc4c3[C@H](C)C[C@H]4O)CC2)c2ccc(Cl)c(F)c2)C(=O)O)CC1. The number of nitrogens with zero attached hydrogens (tertiary/aromatic N) is 5. The topological polar surface area (TPSA) is 119 Å². The first kappa shape index (κ1) is 29.5. The van der Waals surface area contributed by atoms with E-state index in [2.05, 4.69) is 14.9 Å². The van der Waals surface area contributed by atoms with E-state index in [-0.39, 0.29) is 35.5 Å². The largest absolute Gasteiger partial charge is 0.465 e. The molecule has 2 amide bonds. The van der Waals surface area contributed by atoms with E-state index < -0.39 is 23.9 Å². The van der Waals surface area contributed by atoms with Gasteiger partial charge >= 0.3 is 6.09 Å². The van der Waals surface area contributed by atoms with Crippen LogP contribution in [0.15, 0.2) is 24.5 Å². The normalized spacial score (nSPS) is 25.1. The lowest BCUT2D eigenvalue weighted by Crippen LogP contribution is -2.52. The number of anilines is 1. The summed E-state index contributed by atoms with van der Waals surface area (Å²) in [5, 5.41) is 20.5. The fourth-order valence-electron chi connectivity index (χ4n) is 6.54. The van der Waals surface area contributed by atoms with Crippen molar-refractivity contribution < 1.29 is 28.9 Å². The molecule has 1 saturated heterocycles. The van der Waals surface area contributed by atoms with E-state index in [4.69, 9.17) is 16.3 Å². The van der Waals surface area contributed by atoms with Gasteiger partial charge in [0.05, 0.1) is 28.8 Å². The smallest absolute Gasteiger partial charge is 0.407 e. The zero-order chi connectivity index (χ0) is 29.3. The Kier molecular flexibility index (Phi) is 8.96. The standard InChI is InChI=1S/C29H37ClFN5O5/c1-17-13-24(37)26-25(17)27(33-16-32-26)34-9-11-35(12-10-34)28(38)21(18-3-8-22(30)23(31)14-18)15-36(29(39)40)19-4-6-20(41-2)7-5-19/h3,8,14,16-17,19-21,24,37H,4-7,9-13,15H2,1-2H3,(H,39,40)/t17-,19?,20?,21-,24-/m1/s1. The Morgan fingerprint density at radius 1 is 1.17 bits per heavy atom. The first-order valence-corrected chi connectivity index (χ1v) is 14.6. The number of fused-ring (bicyclic) bond motifs is 1. The summed E-state index contributed by atoms with van der Waals surface area (Å²) in [7, 11) is 1.66. The van der Waals surface area contributed by atoms with Crippen LogP contribution in [-0.2, 0) is 9.53 Å². The molecule has 0 bridgehead atoms. The Hall–Kier alpha value is -3.02. The van der Waals surface area contributed by atoms with Crippen LogP contribution in [0.25, 0.3) is 0 Å². The van der Waals surface area contributed by atoms with Gasteiger partial charge in [0.15, 0.2) is 0 Å². The average molecular weight is 590 g/mol. The summed E-state index contributed by atoms with van der Waals surface area (Å²) in [6.07, 6.45) is 3.22. The van der Waals surface area contributed by atoms with Crippen molar-refractivity contribution in [3.8, 4) is 0 Å². The van der Waals surface area contributed by atoms with E-state index in [1.54, 1.807) is 18.1 Å². The zero-order valence-corrected chi connectivity index (χ0v) is 24.1. The van der Waals surface area contributed by atoms with Crippen molar-refractivity contribution in [2.24, 2.45) is 0 Å². The van der Waals surface area contributed by atoms with Crippen LogP contribution in [-0.4, -0.2) is 94.0 Å². The summed E-state index contributed by atoms with van der Waals surface area (Å²) in [4.78, 5) is 40.4. The minimum Gasteiger partial charge on any atom is -0.465 e. The number of carbonyl (C=O) groups excluding carboxylic acids is 1. The molecule has 2 N–H and O–H groups in total. The number of carboxylic acid groups (broad SMARTS) is 1. The van der Waals surface area contributed by atoms with Gasteiger partial charge in [0.25, 0.3) is 0 Å². The number of aliphatic hydroxyl groups excluding tert-OH is 1. The number of carbonyl (C=O) groups is 2. The summed E-state index contributed by atoms with van der Waals surface area (Å²) < 4.78 is 20.0. The van der Waals surface area contributed by atoms with Gasteiger partial charge in [0, 0.05) is 51.4 Å². The Labute approximate surface area is 244 Å². The van der Waals surface area contributed by atoms with Gasteiger partial charge in [-0.25, -0.2) is 19.2 Å². The Balaban J connectivity index is 1.34. The molecule has 1 aromatic carbocycles. The van der Waals surface area contributed by atoms with E-state index in [1.165, 1.54) is 23.4 Å². The summed E-state index contributed by atoms with van der Waals surface area (Å²) in [6, 6.07) is 3.99. The van der Waals surface area contributed by atoms with Crippen LogP contribution < -0.4 is 4.90 Å². The highest BCUT2D eigenvalue weighted by Crippen LogP contribution is 2.43. The zero-order valence-electron chi connectivity index (χ0n) is 23.4. The molecule has 41 heavy (non-hydrogen) atoms. The van der Waals surface area contributed by atoms with Crippen LogP contribution in [0.5, 0.6) is 0 Å². The Morgan fingerprint density at radius 2 is 1.88 bits per heavy atom. The molecule has 222 valence electrons. The number of aliphatic hydroxyl groups is 1. The first-order chi connectivity index (χ1) is 19.7. The fourth-order valence-corrected chi connectivity index (χ4v) is 6.66. The molecule has 2 aromatic rings. The molecule has 1 saturated carbocycles. The van der Waals surface area contributed by atoms with Gasteiger partial charge in [-0.2, -0.15) is 0 Å². The van der Waals surface area contributed by atoms with Gasteiger partial charge in [-0.15, -0.1) is 0 Å². The second-order valence-corrected chi connectivity index (χ2v) is 11.7. The average Bonchev–Trinajstić information content (AvgIpc) is 3.28. The number of rotatable bonds is 7. The lowest BCUT2D eigenvalue weighted by molar-refractivity contribution is -0.133. The molecule has 1 aliphatic heterocycles. The maximum absolute atomic E-state index is 14.5. The second kappa shape index (κ2) is 12.5. The molecule has 2 heterocycles. The number of ether oxygens (including phenoxy) is 1. The molecule has 2 aliphatic carbocycles. The lowest BCUT2D eigenvalue weighted by Gasteiger charge is -2.40. The second-order valence-electron chi connectivity index (χ2n) is 11.3. The molecule has 5 rings (SSSR count). The number of hydrogen-bond acceptors (Lipinski definition) is 7. The quantitative estimate of drug-likeness (QED) is 0.494. The summed E-state index contributed by atoms with van der Waals surface area (Å²) >= 11 is 5.93. The molecule has 3 aliphatic rings. The number of halogens is 2. The summed E-state index contributed by atoms with van der Waals surface area (Å²) in [5.41, 5.74) is 2.02. The molecule has 12 heteroatoms. The van der Waals surface area contributed by atoms with Crippen molar-refractivity contribution in [2.75, 3.05) is 44.7 Å². The van der Waals surface area contributed by atoms with Crippen LogP contribution in [0.1, 0.15) is 73.8 Å². The van der Waals surface area contributed by atoms with Crippen molar-refractivity contribution in [1.82, 2.24) is 19.8 Å². The molecule has 3 atom stereocenters. The van der Waals surface area contributed by atoms with Crippen LogP contribution >= 0.6 is 11.6 Å². The molecule has 0 unspecified atom stereocenters. The van der Waals surface area contributed by atoms with Gasteiger partial charge < -0.3 is 29.6 Å². The highest BCUT2D eigenvalue weighted by Gasteiger charge is 2.37. The first-order valence-electron chi connectivity index (χ1n) is 14.2. The minimum atomic E-state index is -1.10. The molecular formula is C29H37ClFN5O5. The molecule has 2 fully saturated rings. The predicted molar refractivity (Wildman–Crippen MR) is 151 cm³/mol. The van der Waals surface area contributed by atoms with Gasteiger partial charge in [-0.1, -0.05) is 24.6 Å². The third-order valence-corrected chi connectivity index (χ3v) is 9.16. The number of amides is 2. The van der Waals surface area contributed by atoms with E-state index in [1.807, 2.05) is 6.92 Å². The number of methoxy groups -OCH3 is 1. The van der Waals surface area contributed by atoms with Crippen molar-refractivity contribution in [2.45, 2.75) is 69.1 Å². The third kappa shape index (κ3) is 6.12. The van der Waals surface area contributed by atoms with Gasteiger partial charge in [-0.3, -0.25) is 4.79 Å². The highest BCUT2D eigenvalue weighted by atomic mass is 35.5. The molecule has 1 aromatic heterocycles. The van der Waals surface area contributed by atoms with Crippen LogP contribution in [0.3, 0.4) is 0 Å². The molecule has 0 radical (unpaired) electrons. The number of hydrogen-bond donors (Lipinski definition) is 2. The molecular weight excluding hydrogens is 553 g/mol. The number of aromatic nitrogens is 2. The van der Waals surface area contributed by atoms with E-state index >= 15 is 0 Å². The van der Waals surface area contributed by atoms with Gasteiger partial charge in [0.2, 0.25) is 5.91 Å². The molecule has 0 spiro atoms. The molecule has 10 nitrogen and oxygen atoms in total. The monoisotopic (exact) mass is 589 g/mol. The maximum Gasteiger partial charge on any atom is 0.407 e. The van der Waals surface area contributed by atoms with Crippen LogP contribution in [0, 0.1) is 5.82 Å². The van der Waals surface area contributed by atoms with Crippen molar-refractivity contribution in [3.05, 3.63) is 52.2 Å². The van der Waals surface area contributed by atoms with E-state index in [0.29, 0.717) is 56.7 Å². The van der Waals surface area contributed by atoms with Crippen LogP contribution in [0.4, 0.5) is 15.0 Å². The number of piperazine rings is 1. The van der Waals surface area contributed by atoms with Gasteiger partial charge in [-0.05, 0) is 55.7 Å². The Bertz CT molecular complexity index is 1270. The van der Waals surface area contributed by atoms with Crippen molar-refractivity contribution in [1.29, 1.82) is 0 Å². The Morgan fingerprint density at radius 3 is 2.51 bits per heavy atom. The van der Waals surface area contributed by atoms with E-state index in [9.17, 15) is 24.2 Å². The van der Waals surface area contributed by atoms with E-state index in [0.717, 1.165) is 24.2 Å². The summed E-state index contributed by atoms with van der Waals surface area (Å²) in [5.74, 6) is -0.877. The highest BCUT2D eigenvalue weighted by molar-refractivity contribution is 6.30. The summed E-state index contributed by atoms with van der Waals surface area (Å²) in [6.45, 7) is 3.80. The van der Waals surface area contributed by atoms with Crippen LogP contribution in [0.2, 0.25) is 5.02 Å².